The van der Waals surface area contributed by atoms with Crippen LogP contribution in [-0.2, 0) is 9.59 Å². The number of rotatable bonds is 7. The summed E-state index contributed by atoms with van der Waals surface area (Å²) < 4.78 is 5.60. The van der Waals surface area contributed by atoms with E-state index < -0.39 is 0 Å². The van der Waals surface area contributed by atoms with Crippen LogP contribution in [-0.4, -0.2) is 29.1 Å². The quantitative estimate of drug-likeness (QED) is 0.491. The molecule has 2 heterocycles. The van der Waals surface area contributed by atoms with Crippen LogP contribution in [0.2, 0.25) is 5.02 Å². The van der Waals surface area contributed by atoms with Crippen molar-refractivity contribution in [1.29, 1.82) is 0 Å². The third kappa shape index (κ3) is 5.26. The van der Waals surface area contributed by atoms with Gasteiger partial charge in [0, 0.05) is 29.2 Å². The van der Waals surface area contributed by atoms with Crippen LogP contribution >= 0.6 is 11.6 Å². The van der Waals surface area contributed by atoms with Crippen molar-refractivity contribution in [2.75, 3.05) is 17.2 Å². The van der Waals surface area contributed by atoms with E-state index in [0.717, 1.165) is 22.5 Å². The summed E-state index contributed by atoms with van der Waals surface area (Å²) in [5.74, 6) is 0.419. The Kier molecular flexibility index (Phi) is 6.79. The number of benzene rings is 2. The Morgan fingerprint density at radius 3 is 2.67 bits per heavy atom. The van der Waals surface area contributed by atoms with E-state index >= 15 is 0 Å². The van der Waals surface area contributed by atoms with E-state index in [2.05, 4.69) is 15.7 Å². The zero-order valence-electron chi connectivity index (χ0n) is 18.5. The van der Waals surface area contributed by atoms with Gasteiger partial charge >= 0.3 is 0 Å². The number of anilines is 2. The molecule has 0 bridgehead atoms. The summed E-state index contributed by atoms with van der Waals surface area (Å²) >= 11 is 6.02. The lowest BCUT2D eigenvalue weighted by Gasteiger charge is -2.21. The highest BCUT2D eigenvalue weighted by atomic mass is 35.5. The lowest BCUT2D eigenvalue weighted by molar-refractivity contribution is -0.131. The standard InChI is InChI=1S/C25H25ClN4O3/c1-3-24(31)28-19-11-6-16(2)20(13-19)27-15-25(32)30-22(23-5-4-12-33-23)14-21(29-30)17-7-9-18(26)10-8-17/h4-13,22,27H,3,14-15H2,1-2H3,(H,28,31). The first kappa shape index (κ1) is 22.6. The summed E-state index contributed by atoms with van der Waals surface area (Å²) in [6, 6.07) is 16.3. The molecule has 7 nitrogen and oxygen atoms in total. The van der Waals surface area contributed by atoms with Crippen molar-refractivity contribution in [2.45, 2.75) is 32.7 Å². The molecular weight excluding hydrogens is 440 g/mol. The maximum Gasteiger partial charge on any atom is 0.262 e. The highest BCUT2D eigenvalue weighted by Gasteiger charge is 2.34. The van der Waals surface area contributed by atoms with Crippen LogP contribution in [0.5, 0.6) is 0 Å². The van der Waals surface area contributed by atoms with Crippen molar-refractivity contribution in [1.82, 2.24) is 5.01 Å². The van der Waals surface area contributed by atoms with Crippen LogP contribution in [0.25, 0.3) is 0 Å². The molecule has 0 saturated carbocycles. The number of halogens is 1. The zero-order chi connectivity index (χ0) is 23.4. The highest BCUT2D eigenvalue weighted by molar-refractivity contribution is 6.30. The van der Waals surface area contributed by atoms with Crippen LogP contribution in [0.3, 0.4) is 0 Å². The molecule has 2 aromatic carbocycles. The minimum atomic E-state index is -0.323. The van der Waals surface area contributed by atoms with Crippen molar-refractivity contribution >= 4 is 40.5 Å². The van der Waals surface area contributed by atoms with Crippen molar-refractivity contribution in [3.8, 4) is 0 Å². The van der Waals surface area contributed by atoms with E-state index in [0.29, 0.717) is 29.3 Å². The molecule has 1 atom stereocenters. The summed E-state index contributed by atoms with van der Waals surface area (Å²) in [5.41, 5.74) is 4.12. The largest absolute Gasteiger partial charge is 0.467 e. The van der Waals surface area contributed by atoms with E-state index in [-0.39, 0.29) is 24.4 Å². The van der Waals surface area contributed by atoms with Crippen LogP contribution < -0.4 is 10.6 Å². The average molecular weight is 465 g/mol. The van der Waals surface area contributed by atoms with E-state index in [1.807, 2.05) is 43.3 Å². The number of hydrazone groups is 1. The van der Waals surface area contributed by atoms with Gasteiger partial charge in [-0.1, -0.05) is 36.7 Å². The van der Waals surface area contributed by atoms with Crippen molar-refractivity contribution in [2.24, 2.45) is 5.10 Å². The van der Waals surface area contributed by atoms with Crippen LogP contribution in [0.1, 0.15) is 42.7 Å². The lowest BCUT2D eigenvalue weighted by Crippen LogP contribution is -2.32. The third-order valence-electron chi connectivity index (χ3n) is 5.49. The second-order valence-corrected chi connectivity index (χ2v) is 8.25. The number of hydrogen-bond acceptors (Lipinski definition) is 5. The first-order valence-corrected chi connectivity index (χ1v) is 11.2. The molecular formula is C25H25ClN4O3. The molecule has 1 aromatic heterocycles. The van der Waals surface area contributed by atoms with Crippen molar-refractivity contribution in [3.63, 3.8) is 0 Å². The minimum absolute atomic E-state index is 0.0423. The number of nitrogens with one attached hydrogen (secondary N) is 2. The van der Waals surface area contributed by atoms with Crippen molar-refractivity contribution < 1.29 is 14.0 Å². The first-order valence-electron chi connectivity index (χ1n) is 10.8. The van der Waals surface area contributed by atoms with Gasteiger partial charge in [0.05, 0.1) is 18.5 Å². The topological polar surface area (TPSA) is 86.9 Å². The van der Waals surface area contributed by atoms with Gasteiger partial charge < -0.3 is 15.1 Å². The third-order valence-corrected chi connectivity index (χ3v) is 5.74. The second-order valence-electron chi connectivity index (χ2n) is 7.81. The van der Waals surface area contributed by atoms with E-state index in [1.165, 1.54) is 5.01 Å². The molecule has 1 aliphatic rings. The molecule has 1 aliphatic heterocycles. The maximum absolute atomic E-state index is 13.2. The summed E-state index contributed by atoms with van der Waals surface area (Å²) in [5, 5.41) is 12.8. The van der Waals surface area contributed by atoms with Gasteiger partial charge in [0.1, 0.15) is 11.8 Å². The zero-order valence-corrected chi connectivity index (χ0v) is 19.2. The summed E-state index contributed by atoms with van der Waals surface area (Å²) in [4.78, 5) is 24.9. The number of furan rings is 1. The Hall–Kier alpha value is -3.58. The van der Waals surface area contributed by atoms with E-state index in [9.17, 15) is 9.59 Å². The van der Waals surface area contributed by atoms with Gasteiger partial charge in [-0.2, -0.15) is 5.10 Å². The Bertz CT molecular complexity index is 1170. The normalized spacial score (nSPS) is 15.3. The van der Waals surface area contributed by atoms with Gasteiger partial charge in [0.25, 0.3) is 5.91 Å². The monoisotopic (exact) mass is 464 g/mol. The molecule has 0 saturated heterocycles. The molecule has 8 heteroatoms. The van der Waals surface area contributed by atoms with Crippen molar-refractivity contribution in [3.05, 3.63) is 82.8 Å². The SMILES string of the molecule is CCC(=O)Nc1ccc(C)c(NCC(=O)N2N=C(c3ccc(Cl)cc3)CC2c2ccco2)c1. The molecule has 1 unspecified atom stereocenters. The molecule has 0 fully saturated rings. The fourth-order valence-electron chi connectivity index (χ4n) is 3.65. The van der Waals surface area contributed by atoms with Gasteiger partial charge in [-0.3, -0.25) is 9.59 Å². The molecule has 0 radical (unpaired) electrons. The Labute approximate surface area is 197 Å². The van der Waals surface area contributed by atoms with Gasteiger partial charge in [-0.25, -0.2) is 5.01 Å². The molecule has 33 heavy (non-hydrogen) atoms. The Morgan fingerprint density at radius 1 is 1.18 bits per heavy atom. The Morgan fingerprint density at radius 2 is 1.97 bits per heavy atom. The van der Waals surface area contributed by atoms with Gasteiger partial charge in [-0.05, 0) is 54.4 Å². The summed E-state index contributed by atoms with van der Waals surface area (Å²) in [6.45, 7) is 3.78. The smallest absolute Gasteiger partial charge is 0.262 e. The van der Waals surface area contributed by atoms with E-state index in [1.54, 1.807) is 31.4 Å². The van der Waals surface area contributed by atoms with Gasteiger partial charge in [0.15, 0.2) is 0 Å². The van der Waals surface area contributed by atoms with Crippen LogP contribution in [0, 0.1) is 6.92 Å². The van der Waals surface area contributed by atoms with Gasteiger partial charge in [0.2, 0.25) is 5.91 Å². The predicted molar refractivity (Wildman–Crippen MR) is 129 cm³/mol. The number of nitrogens with zero attached hydrogens (tertiary/aromatic N) is 2. The first-order chi connectivity index (χ1) is 15.9. The minimum Gasteiger partial charge on any atom is -0.467 e. The number of aryl methyl sites for hydroxylation is 1. The average Bonchev–Trinajstić information content (AvgIpc) is 3.49. The Balaban J connectivity index is 1.52. The van der Waals surface area contributed by atoms with E-state index in [4.69, 9.17) is 16.0 Å². The molecule has 3 aromatic rings. The molecule has 0 spiro atoms. The number of amides is 2. The molecule has 2 N–H and O–H groups in total. The fraction of sp³-hybridized carbons (Fsp3) is 0.240. The molecule has 2 amide bonds. The highest BCUT2D eigenvalue weighted by Crippen LogP contribution is 2.33. The fourth-order valence-corrected chi connectivity index (χ4v) is 3.78. The summed E-state index contributed by atoms with van der Waals surface area (Å²) in [6.07, 6.45) is 2.53. The van der Waals surface area contributed by atoms with Crippen LogP contribution in [0.15, 0.2) is 70.4 Å². The number of hydrogen-bond donors (Lipinski definition) is 2. The second kappa shape index (κ2) is 9.92. The number of carbonyl (C=O) groups excluding carboxylic acids is 2. The molecule has 0 aliphatic carbocycles. The number of carbonyl (C=O) groups is 2. The van der Waals surface area contributed by atoms with Gasteiger partial charge in [-0.15, -0.1) is 0 Å². The predicted octanol–water partition coefficient (Wildman–Crippen LogP) is 5.38. The lowest BCUT2D eigenvalue weighted by atomic mass is 10.0. The molecule has 170 valence electrons. The maximum atomic E-state index is 13.2. The summed E-state index contributed by atoms with van der Waals surface area (Å²) in [7, 11) is 0. The van der Waals surface area contributed by atoms with Crippen LogP contribution in [0.4, 0.5) is 11.4 Å². The molecule has 4 rings (SSSR count).